The molecule has 11 heterocycles. The predicted octanol–water partition coefficient (Wildman–Crippen LogP) is 15.9. The van der Waals surface area contributed by atoms with Crippen LogP contribution in [0.1, 0.15) is 116 Å². The fraction of sp³-hybridized carbons (Fsp3) is 0.305. The third-order valence-electron chi connectivity index (χ3n) is 23.8. The number of Topliss-reactive ketones (excluding diaryl/α,β-unsaturated/α-hetero) is 2. The average molecular weight is 2160 g/mol. The van der Waals surface area contributed by atoms with Crippen LogP contribution < -0.4 is 10.6 Å². The number of ketones is 2. The number of aromatic nitrogens is 11. The topological polar surface area (TPSA) is 407 Å². The highest BCUT2D eigenvalue weighted by Gasteiger charge is 2.53. The molecule has 2 N–H and O–H groups in total. The largest absolute Gasteiger partial charge is 0.451 e. The summed E-state index contributed by atoms with van der Waals surface area (Å²) in [5.74, 6) is -6.24. The molecule has 0 bridgehead atoms. The molecule has 4 aliphatic heterocycles. The number of sulfonamides is 4. The summed E-state index contributed by atoms with van der Waals surface area (Å²) >= 11 is 0. The Hall–Kier alpha value is -14.1. The van der Waals surface area contributed by atoms with Crippen molar-refractivity contribution in [1.29, 1.82) is 5.26 Å². The van der Waals surface area contributed by atoms with Crippen molar-refractivity contribution in [3.05, 3.63) is 294 Å². The van der Waals surface area contributed by atoms with Crippen LogP contribution in [0.15, 0.2) is 239 Å². The molecule has 7 aromatic heterocycles. The number of nitriles is 1. The van der Waals surface area contributed by atoms with E-state index in [0.29, 0.717) is 80.7 Å². The summed E-state index contributed by atoms with van der Waals surface area (Å²) in [5, 5.41) is 14.8. The van der Waals surface area contributed by atoms with E-state index in [4.69, 9.17) is 0 Å². The highest BCUT2D eigenvalue weighted by atomic mass is 32.2. The van der Waals surface area contributed by atoms with Crippen LogP contribution in [0.5, 0.6) is 0 Å². The number of carbonyl (C=O) groups is 4. The summed E-state index contributed by atoms with van der Waals surface area (Å²) in [5.41, 5.74) is -1.67. The molecule has 8 atom stereocenters. The first kappa shape index (κ1) is 111. The van der Waals surface area contributed by atoms with Gasteiger partial charge >= 0.3 is 24.7 Å². The van der Waals surface area contributed by atoms with Gasteiger partial charge in [0.1, 0.15) is 90.3 Å². The number of nitrogens with zero attached hydrogens (tertiary/aromatic N) is 16. The maximum absolute atomic E-state index is 14.9. The van der Waals surface area contributed by atoms with Gasteiger partial charge in [0.25, 0.3) is 0 Å². The predicted molar refractivity (Wildman–Crippen MR) is 486 cm³/mol. The Morgan fingerprint density at radius 2 is 0.777 bits per heavy atom. The van der Waals surface area contributed by atoms with Crippen molar-refractivity contribution >= 4 is 63.5 Å². The van der Waals surface area contributed by atoms with Crippen LogP contribution in [0.4, 0.5) is 83.4 Å². The smallest absolute Gasteiger partial charge is 0.349 e. The van der Waals surface area contributed by atoms with E-state index in [1.165, 1.54) is 67.3 Å². The summed E-state index contributed by atoms with van der Waals surface area (Å²) in [6, 6.07) is 27.6. The Kier molecular flexibility index (Phi) is 34.4. The quantitative estimate of drug-likeness (QED) is 0.0451. The van der Waals surface area contributed by atoms with Gasteiger partial charge in [0.15, 0.2) is 17.2 Å². The van der Waals surface area contributed by atoms with Gasteiger partial charge in [-0.2, -0.15) is 75.2 Å². The van der Waals surface area contributed by atoms with Crippen LogP contribution in [0.3, 0.4) is 0 Å². The van der Waals surface area contributed by atoms with E-state index in [1.54, 1.807) is 13.8 Å². The minimum atomic E-state index is -4.71. The number of halogens is 19. The van der Waals surface area contributed by atoms with Crippen LogP contribution in [-0.2, 0) is 110 Å². The Morgan fingerprint density at radius 3 is 1.15 bits per heavy atom. The Morgan fingerprint density at radius 1 is 0.412 bits per heavy atom. The molecule has 0 spiro atoms. The van der Waals surface area contributed by atoms with Gasteiger partial charge in [0.05, 0.1) is 85.4 Å². The number of nitrogens with one attached hydrogen (secondary N) is 2. The lowest BCUT2D eigenvalue weighted by molar-refractivity contribution is -0.145. The first-order chi connectivity index (χ1) is 69.7. The summed E-state index contributed by atoms with van der Waals surface area (Å²) in [4.78, 5) is 92.2. The van der Waals surface area contributed by atoms with Crippen molar-refractivity contribution in [3.8, 4) is 51.0 Å². The van der Waals surface area contributed by atoms with Gasteiger partial charge < -0.3 is 10.6 Å². The van der Waals surface area contributed by atoms with Crippen molar-refractivity contribution in [1.82, 2.24) is 82.7 Å². The molecule has 780 valence electrons. The second kappa shape index (κ2) is 45.7. The number of amides is 2. The highest BCUT2D eigenvalue weighted by Crippen LogP contribution is 2.41. The number of benzene rings is 5. The van der Waals surface area contributed by atoms with Crippen molar-refractivity contribution < 1.29 is 136 Å². The van der Waals surface area contributed by atoms with Gasteiger partial charge in [-0.25, -0.2) is 104 Å². The van der Waals surface area contributed by atoms with E-state index >= 15 is 0 Å². The van der Waals surface area contributed by atoms with Crippen LogP contribution in [0.2, 0.25) is 0 Å². The molecule has 0 saturated carbocycles. The molecule has 0 aliphatic carbocycles. The maximum Gasteiger partial charge on any atom is 0.451 e. The van der Waals surface area contributed by atoms with Gasteiger partial charge in [-0.15, -0.1) is 0 Å². The second-order valence-corrected chi connectivity index (χ2v) is 41.4. The Balaban J connectivity index is 0.000000165. The molecule has 5 aromatic carbocycles. The minimum Gasteiger partial charge on any atom is -0.349 e. The third-order valence-corrected chi connectivity index (χ3v) is 31.7. The fourth-order valence-electron chi connectivity index (χ4n) is 16.3. The van der Waals surface area contributed by atoms with E-state index in [1.807, 2.05) is 6.07 Å². The van der Waals surface area contributed by atoms with Crippen LogP contribution >= 0.6 is 0 Å². The molecular weight excluding hydrogens is 2070 g/mol. The highest BCUT2D eigenvalue weighted by molar-refractivity contribution is 7.90. The minimum absolute atomic E-state index is 0.0295. The third kappa shape index (κ3) is 26.7. The lowest BCUT2D eigenvalue weighted by Crippen LogP contribution is -2.48. The second-order valence-electron chi connectivity index (χ2n) is 33.9. The SMILES string of the molecule is C[C@@H]1CC[C@@H](C(=O)NCc2cc(-c3ccc(C(F)(F)F)nc3)ncn2)N1S(=O)(=O)c1ccc(F)cc1.C[C@H]1CC[C@@H](C(=O)NCc2cc(-c3ccc(C(F)(F)F)nc3)ncn2)N1S(=O)(=O)c1ccc(F)cc1.N#Cc1ccc(-c2cnc(C(F)(F)F)nc2)cc1CCC(=O)[C@@H]1[C@@H](F)CCN1S(=O)(=O)c1ccc(F)cc1.O=C(CCc1cc(-c2ccc(C(F)(F)F)nc2)ncn1)[C@@H]1C[C@@](F)(CF)CN1S(=O)(=O)c1ccc(F)cc1. The fourth-order valence-corrected chi connectivity index (χ4v) is 23.3. The number of carbonyl (C=O) groups excluding carboxylic acids is 4. The van der Waals surface area contributed by atoms with Gasteiger partial charge in [-0.1, -0.05) is 6.07 Å². The number of hydrogen-bond donors (Lipinski definition) is 2. The lowest BCUT2D eigenvalue weighted by atomic mass is 9.95. The zero-order chi connectivity index (χ0) is 108. The first-order valence-corrected chi connectivity index (χ1v) is 50.0. The summed E-state index contributed by atoms with van der Waals surface area (Å²) in [7, 11) is -16.8. The number of alkyl halides is 15. The Bertz CT molecular complexity index is 7130. The average Bonchev–Trinajstić information content (AvgIpc) is 1.61. The number of rotatable bonds is 27. The first-order valence-electron chi connectivity index (χ1n) is 44.3. The number of pyridine rings is 3. The molecule has 12 aromatic rings. The molecule has 4 fully saturated rings. The monoisotopic (exact) mass is 2150 g/mol. The summed E-state index contributed by atoms with van der Waals surface area (Å²) < 4.78 is 358. The van der Waals surface area contributed by atoms with Crippen molar-refractivity contribution in [2.24, 2.45) is 0 Å². The van der Waals surface area contributed by atoms with Crippen molar-refractivity contribution in [2.45, 2.75) is 184 Å². The summed E-state index contributed by atoms with van der Waals surface area (Å²) in [6.07, 6.45) is -11.6. The molecule has 53 heteroatoms. The molecule has 0 unspecified atom stereocenters. The van der Waals surface area contributed by atoms with E-state index in [-0.39, 0.29) is 93.7 Å². The van der Waals surface area contributed by atoms with Crippen LogP contribution in [-0.4, -0.2) is 197 Å². The molecule has 4 saturated heterocycles. The molecule has 0 radical (unpaired) electrons. The van der Waals surface area contributed by atoms with Gasteiger partial charge in [-0.05, 0) is 234 Å². The van der Waals surface area contributed by atoms with Crippen LogP contribution in [0, 0.1) is 34.6 Å². The van der Waals surface area contributed by atoms with Crippen molar-refractivity contribution in [3.63, 3.8) is 0 Å². The zero-order valence-corrected chi connectivity index (χ0v) is 80.1. The van der Waals surface area contributed by atoms with Crippen LogP contribution in [0.25, 0.3) is 44.9 Å². The van der Waals surface area contributed by atoms with Gasteiger partial charge in [-0.3, -0.25) is 34.1 Å². The van der Waals surface area contributed by atoms with E-state index in [2.05, 4.69) is 65.5 Å². The standard InChI is InChI=1S/C25H19F5N4O3S.C24H20F6N4O3S.2C23H21F4N5O3S/c26-19-4-6-20(7-5-19)38(36,37)34-10-9-21(27)23(34)22(35)8-3-15-11-16(1-2-17(15)12-31)18-13-32-24(33-14-18)25(28,29)30;25-12-23(27)10-20(34(13-23)38(36,37)18-5-2-16(26)3-6-18)21(35)7-4-17-9-19(33-14-32-17)15-1-8-22(31-11-15)24(28,29)30;2*1-14-2-8-20(32(14)36(34,35)18-6-4-16(24)5-7-18)22(33)29-12-17-10-19(31-13-30-17)15-3-9-21(28-11-15)23(25,26)27/h1-2,4-7,11,13-14,21,23H,3,8-10H2;1-3,5-6,8-9,11,14,20H,4,7,10,12-13H2;2*3-7,9-11,13-14,20H,2,8,12H2,1H3,(H,29,33)/t21-,23-;20-,23+;14-,20+;14-,20-/m0010/s1. The Labute approximate surface area is 831 Å². The number of aryl methyl sites for hydroxylation is 2. The van der Waals surface area contributed by atoms with E-state index < -0.39 is 202 Å². The van der Waals surface area contributed by atoms with Crippen molar-refractivity contribution in [2.75, 3.05) is 19.8 Å². The normalized spacial score (nSPS) is 19.1. The molecule has 4 aliphatic rings. The lowest BCUT2D eigenvalue weighted by Gasteiger charge is -2.27. The molecule has 148 heavy (non-hydrogen) atoms. The molecule has 30 nitrogen and oxygen atoms in total. The zero-order valence-electron chi connectivity index (χ0n) is 76.8. The van der Waals surface area contributed by atoms with Gasteiger partial charge in [0.2, 0.25) is 57.7 Å². The molecule has 16 rings (SSSR count). The molecule has 2 amide bonds. The molecular formula is C95H81F19N18O12S4. The van der Waals surface area contributed by atoms with E-state index in [9.17, 15) is 142 Å². The number of hydrogen-bond acceptors (Lipinski definition) is 24. The van der Waals surface area contributed by atoms with Gasteiger partial charge in [0, 0.05) is 96.8 Å². The maximum atomic E-state index is 14.9. The summed E-state index contributed by atoms with van der Waals surface area (Å²) in [6.45, 7) is 0.673. The van der Waals surface area contributed by atoms with E-state index in [0.717, 1.165) is 165 Å².